The maximum Gasteiger partial charge on any atom is 0.244 e. The van der Waals surface area contributed by atoms with Crippen molar-refractivity contribution >= 4 is 40.5 Å². The number of rotatable bonds is 4. The van der Waals surface area contributed by atoms with Gasteiger partial charge in [0.05, 0.1) is 17.4 Å². The van der Waals surface area contributed by atoms with Crippen LogP contribution in [-0.2, 0) is 11.3 Å². The van der Waals surface area contributed by atoms with Crippen LogP contribution in [-0.4, -0.2) is 42.5 Å². The molecule has 2 aliphatic carbocycles. The highest BCUT2D eigenvalue weighted by Crippen LogP contribution is 2.51. The molecular formula is C24H25Cl2N3O. The Hall–Kier alpha value is -1.75. The predicted octanol–water partition coefficient (Wildman–Crippen LogP) is 4.83. The average molecular weight is 442 g/mol. The summed E-state index contributed by atoms with van der Waals surface area (Å²) in [5.41, 5.74) is 3.29. The average Bonchev–Trinajstić information content (AvgIpc) is 3.68. The van der Waals surface area contributed by atoms with Crippen molar-refractivity contribution in [1.82, 2.24) is 4.90 Å². The van der Waals surface area contributed by atoms with Crippen LogP contribution in [0.4, 0.5) is 11.4 Å². The fraction of sp³-hybridized carbons (Fsp3) is 0.458. The van der Waals surface area contributed by atoms with Gasteiger partial charge in [-0.3, -0.25) is 9.69 Å². The van der Waals surface area contributed by atoms with Gasteiger partial charge in [-0.2, -0.15) is 0 Å². The number of nitrogens with zero attached hydrogens (tertiary/aromatic N) is 3. The summed E-state index contributed by atoms with van der Waals surface area (Å²) >= 11 is 12.6. The molecule has 2 saturated carbocycles. The zero-order valence-corrected chi connectivity index (χ0v) is 18.3. The summed E-state index contributed by atoms with van der Waals surface area (Å²) in [5, 5.41) is 1.40. The van der Waals surface area contributed by atoms with Crippen LogP contribution in [0.3, 0.4) is 0 Å². The molecule has 0 aromatic heterocycles. The highest BCUT2D eigenvalue weighted by Gasteiger charge is 2.56. The van der Waals surface area contributed by atoms with Gasteiger partial charge in [-0.15, -0.1) is 0 Å². The summed E-state index contributed by atoms with van der Waals surface area (Å²) in [4.78, 5) is 20.7. The van der Waals surface area contributed by atoms with Gasteiger partial charge >= 0.3 is 0 Å². The molecule has 0 bridgehead atoms. The van der Waals surface area contributed by atoms with E-state index in [1.165, 1.54) is 24.9 Å². The number of carbonyl (C=O) groups excluding carboxylic acids is 1. The molecule has 3 fully saturated rings. The van der Waals surface area contributed by atoms with Crippen LogP contribution >= 0.6 is 23.2 Å². The van der Waals surface area contributed by atoms with E-state index in [0.717, 1.165) is 35.9 Å². The number of hydrogen-bond acceptors (Lipinski definition) is 3. The third-order valence-electron chi connectivity index (χ3n) is 7.18. The number of benzene rings is 2. The number of amides is 1. The topological polar surface area (TPSA) is 26.8 Å². The number of para-hydroxylation sites is 2. The molecule has 0 spiro atoms. The first-order valence-electron chi connectivity index (χ1n) is 10.9. The van der Waals surface area contributed by atoms with E-state index in [1.807, 2.05) is 29.2 Å². The van der Waals surface area contributed by atoms with Gasteiger partial charge in [0.2, 0.25) is 5.91 Å². The lowest BCUT2D eigenvalue weighted by atomic mass is 10.1. The number of halogens is 2. The molecule has 1 saturated heterocycles. The molecule has 2 heterocycles. The Kier molecular flexibility index (Phi) is 4.52. The van der Waals surface area contributed by atoms with E-state index in [4.69, 9.17) is 23.2 Å². The molecule has 6 rings (SSSR count). The highest BCUT2D eigenvalue weighted by atomic mass is 35.5. The van der Waals surface area contributed by atoms with E-state index < -0.39 is 0 Å². The SMILES string of the molecule is O=C([C@@H]1C2CC2CN1Cc1cc(Cl)ccc1Cl)N1CCN(C2CC2)c2ccccc21. The first-order valence-corrected chi connectivity index (χ1v) is 11.7. The van der Waals surface area contributed by atoms with Gasteiger partial charge < -0.3 is 9.80 Å². The molecule has 2 aliphatic heterocycles. The van der Waals surface area contributed by atoms with Crippen LogP contribution < -0.4 is 9.80 Å². The maximum absolute atomic E-state index is 13.9. The van der Waals surface area contributed by atoms with Crippen molar-refractivity contribution in [2.24, 2.45) is 11.8 Å². The standard InChI is InChI=1S/C24H25Cl2N3O/c25-17-5-8-20(26)16(11-17)14-27-13-15-12-19(15)23(27)24(30)29-10-9-28(18-6-7-18)21-3-1-2-4-22(21)29/h1-5,8,11,15,18-19,23H,6-7,9-10,12-14H2/t15?,19?,23-/m0/s1. The van der Waals surface area contributed by atoms with E-state index in [-0.39, 0.29) is 11.9 Å². The van der Waals surface area contributed by atoms with Crippen molar-refractivity contribution < 1.29 is 4.79 Å². The molecule has 2 aromatic carbocycles. The largest absolute Gasteiger partial charge is 0.365 e. The van der Waals surface area contributed by atoms with Crippen LogP contribution in [0.5, 0.6) is 0 Å². The normalized spacial score (nSPS) is 27.7. The number of piperidine rings is 1. The Labute approximate surface area is 187 Å². The summed E-state index contributed by atoms with van der Waals surface area (Å²) < 4.78 is 0. The molecule has 2 aromatic rings. The number of hydrogen-bond donors (Lipinski definition) is 0. The third kappa shape index (κ3) is 3.21. The number of anilines is 2. The summed E-state index contributed by atoms with van der Waals surface area (Å²) in [7, 11) is 0. The van der Waals surface area contributed by atoms with Crippen molar-refractivity contribution in [2.75, 3.05) is 29.4 Å². The molecule has 156 valence electrons. The second-order valence-electron chi connectivity index (χ2n) is 9.17. The van der Waals surface area contributed by atoms with E-state index in [2.05, 4.69) is 28.0 Å². The van der Waals surface area contributed by atoms with E-state index >= 15 is 0 Å². The van der Waals surface area contributed by atoms with Gasteiger partial charge in [0.15, 0.2) is 0 Å². The van der Waals surface area contributed by atoms with E-state index in [9.17, 15) is 4.79 Å². The molecule has 1 amide bonds. The Morgan fingerprint density at radius 1 is 1.03 bits per heavy atom. The Bertz CT molecular complexity index is 1010. The first kappa shape index (κ1) is 19.0. The number of carbonyl (C=O) groups is 1. The second-order valence-corrected chi connectivity index (χ2v) is 10.0. The van der Waals surface area contributed by atoms with Crippen LogP contribution in [0.25, 0.3) is 0 Å². The molecular weight excluding hydrogens is 417 g/mol. The van der Waals surface area contributed by atoms with Crippen molar-refractivity contribution in [2.45, 2.75) is 37.9 Å². The smallest absolute Gasteiger partial charge is 0.244 e. The Morgan fingerprint density at radius 2 is 1.83 bits per heavy atom. The quantitative estimate of drug-likeness (QED) is 0.679. The van der Waals surface area contributed by atoms with Gasteiger partial charge in [0.25, 0.3) is 0 Å². The third-order valence-corrected chi connectivity index (χ3v) is 7.78. The van der Waals surface area contributed by atoms with Crippen molar-refractivity contribution in [3.63, 3.8) is 0 Å². The summed E-state index contributed by atoms with van der Waals surface area (Å²) in [5.74, 6) is 1.37. The minimum Gasteiger partial charge on any atom is -0.365 e. The Morgan fingerprint density at radius 3 is 2.63 bits per heavy atom. The molecule has 4 nitrogen and oxygen atoms in total. The summed E-state index contributed by atoms with van der Waals surface area (Å²) in [6, 6.07) is 14.6. The zero-order valence-electron chi connectivity index (χ0n) is 16.8. The summed E-state index contributed by atoms with van der Waals surface area (Å²) in [6.45, 7) is 3.33. The van der Waals surface area contributed by atoms with Crippen LogP contribution in [0.2, 0.25) is 10.0 Å². The number of likely N-dealkylation sites (tertiary alicyclic amines) is 1. The van der Waals surface area contributed by atoms with Crippen molar-refractivity contribution in [3.8, 4) is 0 Å². The van der Waals surface area contributed by atoms with Gasteiger partial charge in [-0.25, -0.2) is 0 Å². The predicted molar refractivity (Wildman–Crippen MR) is 121 cm³/mol. The highest BCUT2D eigenvalue weighted by molar-refractivity contribution is 6.33. The van der Waals surface area contributed by atoms with Gasteiger partial charge in [-0.05, 0) is 67.0 Å². The molecule has 4 aliphatic rings. The van der Waals surface area contributed by atoms with Gasteiger partial charge in [0, 0.05) is 42.3 Å². The molecule has 2 unspecified atom stereocenters. The fourth-order valence-corrected chi connectivity index (χ4v) is 5.85. The molecule has 3 atom stereocenters. The van der Waals surface area contributed by atoms with Crippen LogP contribution in [0, 0.1) is 11.8 Å². The zero-order chi connectivity index (χ0) is 20.4. The molecule has 0 radical (unpaired) electrons. The van der Waals surface area contributed by atoms with Crippen LogP contribution in [0.1, 0.15) is 24.8 Å². The lowest BCUT2D eigenvalue weighted by Crippen LogP contribution is -2.52. The fourth-order valence-electron chi connectivity index (χ4n) is 5.48. The van der Waals surface area contributed by atoms with Gasteiger partial charge in [0.1, 0.15) is 0 Å². The monoisotopic (exact) mass is 441 g/mol. The summed E-state index contributed by atoms with van der Waals surface area (Å²) in [6.07, 6.45) is 3.70. The molecule has 6 heteroatoms. The van der Waals surface area contributed by atoms with Crippen LogP contribution in [0.15, 0.2) is 42.5 Å². The van der Waals surface area contributed by atoms with Crippen molar-refractivity contribution in [3.05, 3.63) is 58.1 Å². The lowest BCUT2D eigenvalue weighted by molar-refractivity contribution is -0.123. The lowest BCUT2D eigenvalue weighted by Gasteiger charge is -2.40. The second kappa shape index (κ2) is 7.15. The Balaban J connectivity index is 1.28. The maximum atomic E-state index is 13.9. The van der Waals surface area contributed by atoms with Gasteiger partial charge in [-0.1, -0.05) is 35.3 Å². The van der Waals surface area contributed by atoms with E-state index in [0.29, 0.717) is 29.4 Å². The molecule has 30 heavy (non-hydrogen) atoms. The first-order chi connectivity index (χ1) is 14.6. The van der Waals surface area contributed by atoms with E-state index in [1.54, 1.807) is 0 Å². The van der Waals surface area contributed by atoms with Crippen molar-refractivity contribution in [1.29, 1.82) is 0 Å². The number of fused-ring (bicyclic) bond motifs is 2. The minimum absolute atomic E-state index is 0.0643. The molecule has 0 N–H and O–H groups in total. The minimum atomic E-state index is -0.0643.